The fraction of sp³-hybridized carbons (Fsp3) is 0.250. The maximum Gasteiger partial charge on any atom is 0.325 e. The minimum Gasteiger partial charge on any atom is -0.480 e. The van der Waals surface area contributed by atoms with Crippen molar-refractivity contribution in [3.8, 4) is 0 Å². The van der Waals surface area contributed by atoms with Gasteiger partial charge in [0, 0.05) is 6.20 Å². The summed E-state index contributed by atoms with van der Waals surface area (Å²) in [5.41, 5.74) is -1.84. The molecule has 0 saturated carbocycles. The van der Waals surface area contributed by atoms with Gasteiger partial charge in [-0.1, -0.05) is 0 Å². The van der Waals surface area contributed by atoms with Crippen LogP contribution < -0.4 is 16.1 Å². The average molecular weight is 243 g/mol. The van der Waals surface area contributed by atoms with Crippen LogP contribution in [0.3, 0.4) is 0 Å². The van der Waals surface area contributed by atoms with Crippen LogP contribution >= 0.6 is 0 Å². The Morgan fingerprint density at radius 2 is 1.71 bits per heavy atom. The Morgan fingerprint density at radius 3 is 2.12 bits per heavy atom. The van der Waals surface area contributed by atoms with Gasteiger partial charge in [0.05, 0.1) is 0 Å². The third-order valence-corrected chi connectivity index (χ3v) is 1.79. The number of aliphatic carboxylic acids is 2. The van der Waals surface area contributed by atoms with Crippen LogP contribution in [0.15, 0.2) is 15.8 Å². The molecule has 1 rings (SSSR count). The molecule has 0 amide bonds. The highest BCUT2D eigenvalue weighted by atomic mass is 16.4. The van der Waals surface area contributed by atoms with E-state index in [-0.39, 0.29) is 5.69 Å². The Labute approximate surface area is 93.3 Å². The Morgan fingerprint density at radius 1 is 1.18 bits per heavy atom. The normalized spacial score (nSPS) is 9.88. The molecule has 0 aliphatic rings. The maximum absolute atomic E-state index is 11.3. The number of aromatic amines is 2. The van der Waals surface area contributed by atoms with Crippen molar-refractivity contribution in [3.63, 3.8) is 0 Å². The molecule has 0 unspecified atom stereocenters. The zero-order valence-electron chi connectivity index (χ0n) is 8.47. The number of H-pyrrole nitrogens is 2. The quantitative estimate of drug-likeness (QED) is 0.470. The van der Waals surface area contributed by atoms with Crippen molar-refractivity contribution >= 4 is 17.6 Å². The number of nitrogens with one attached hydrogen (secondary N) is 2. The summed E-state index contributed by atoms with van der Waals surface area (Å²) in [6, 6.07) is 0. The summed E-state index contributed by atoms with van der Waals surface area (Å²) in [4.78, 5) is 48.0. The van der Waals surface area contributed by atoms with Gasteiger partial charge in [-0.05, 0) is 0 Å². The monoisotopic (exact) mass is 243 g/mol. The summed E-state index contributed by atoms with van der Waals surface area (Å²) in [5.74, 6) is -2.59. The molecule has 9 nitrogen and oxygen atoms in total. The van der Waals surface area contributed by atoms with Gasteiger partial charge in [0.1, 0.15) is 18.8 Å². The fourth-order valence-electron chi connectivity index (χ4n) is 1.19. The van der Waals surface area contributed by atoms with Gasteiger partial charge in [0.2, 0.25) is 0 Å². The number of aromatic nitrogens is 2. The van der Waals surface area contributed by atoms with E-state index < -0.39 is 36.3 Å². The lowest BCUT2D eigenvalue weighted by Crippen LogP contribution is -2.39. The van der Waals surface area contributed by atoms with Crippen LogP contribution in [-0.2, 0) is 9.59 Å². The van der Waals surface area contributed by atoms with Crippen LogP contribution in [0.4, 0.5) is 5.69 Å². The van der Waals surface area contributed by atoms with Crippen molar-refractivity contribution in [2.75, 3.05) is 18.0 Å². The van der Waals surface area contributed by atoms with E-state index in [1.54, 1.807) is 0 Å². The largest absolute Gasteiger partial charge is 0.480 e. The van der Waals surface area contributed by atoms with Crippen molar-refractivity contribution < 1.29 is 19.8 Å². The molecule has 0 aliphatic heterocycles. The molecule has 0 bridgehead atoms. The first-order valence-electron chi connectivity index (χ1n) is 4.40. The minimum atomic E-state index is -1.29. The Balaban J connectivity index is 3.11. The lowest BCUT2D eigenvalue weighted by atomic mass is 10.4. The van der Waals surface area contributed by atoms with E-state index in [1.165, 1.54) is 0 Å². The van der Waals surface area contributed by atoms with Gasteiger partial charge in [-0.15, -0.1) is 0 Å². The molecule has 4 N–H and O–H groups in total. The van der Waals surface area contributed by atoms with E-state index >= 15 is 0 Å². The van der Waals surface area contributed by atoms with Crippen LogP contribution in [0.2, 0.25) is 0 Å². The highest BCUT2D eigenvalue weighted by Gasteiger charge is 2.17. The molecular weight excluding hydrogens is 234 g/mol. The first kappa shape index (κ1) is 12.5. The number of anilines is 1. The fourth-order valence-corrected chi connectivity index (χ4v) is 1.19. The van der Waals surface area contributed by atoms with Crippen molar-refractivity contribution in [2.24, 2.45) is 0 Å². The van der Waals surface area contributed by atoms with E-state index in [2.05, 4.69) is 4.98 Å². The number of rotatable bonds is 5. The van der Waals surface area contributed by atoms with Crippen molar-refractivity contribution in [3.05, 3.63) is 27.0 Å². The summed E-state index contributed by atoms with van der Waals surface area (Å²) in [6.07, 6.45) is 0.965. The van der Waals surface area contributed by atoms with Crippen molar-refractivity contribution in [1.29, 1.82) is 0 Å². The number of hydrogen-bond donors (Lipinski definition) is 4. The number of carboxylic acid groups (broad SMARTS) is 2. The van der Waals surface area contributed by atoms with Crippen LogP contribution in [0, 0.1) is 0 Å². The predicted molar refractivity (Wildman–Crippen MR) is 55.2 cm³/mol. The highest BCUT2D eigenvalue weighted by Crippen LogP contribution is 2.03. The zero-order valence-corrected chi connectivity index (χ0v) is 8.47. The van der Waals surface area contributed by atoms with Gasteiger partial charge in [0.25, 0.3) is 5.56 Å². The second-order valence-corrected chi connectivity index (χ2v) is 3.10. The van der Waals surface area contributed by atoms with Gasteiger partial charge in [-0.2, -0.15) is 0 Å². The van der Waals surface area contributed by atoms with E-state index in [0.717, 1.165) is 11.1 Å². The molecule has 1 aromatic heterocycles. The molecule has 17 heavy (non-hydrogen) atoms. The van der Waals surface area contributed by atoms with Gasteiger partial charge < -0.3 is 20.1 Å². The smallest absolute Gasteiger partial charge is 0.325 e. The maximum atomic E-state index is 11.3. The molecule has 0 atom stereocenters. The second-order valence-electron chi connectivity index (χ2n) is 3.10. The number of hydrogen-bond acceptors (Lipinski definition) is 5. The lowest BCUT2D eigenvalue weighted by molar-refractivity contribution is -0.136. The highest BCUT2D eigenvalue weighted by molar-refractivity contribution is 5.79. The molecular formula is C8H9N3O6. The van der Waals surface area contributed by atoms with Gasteiger partial charge >= 0.3 is 17.6 Å². The van der Waals surface area contributed by atoms with E-state index in [9.17, 15) is 19.2 Å². The summed E-state index contributed by atoms with van der Waals surface area (Å²) < 4.78 is 0. The van der Waals surface area contributed by atoms with E-state index in [0.29, 0.717) is 0 Å². The van der Waals surface area contributed by atoms with E-state index in [1.807, 2.05) is 4.98 Å². The van der Waals surface area contributed by atoms with Gasteiger partial charge in [0.15, 0.2) is 0 Å². The molecule has 9 heteroatoms. The topological polar surface area (TPSA) is 144 Å². The molecule has 0 aliphatic carbocycles. The molecule has 0 spiro atoms. The molecule has 0 radical (unpaired) electrons. The summed E-state index contributed by atoms with van der Waals surface area (Å²) >= 11 is 0. The van der Waals surface area contributed by atoms with Crippen LogP contribution in [0.1, 0.15) is 0 Å². The van der Waals surface area contributed by atoms with Crippen molar-refractivity contribution in [2.45, 2.75) is 0 Å². The van der Waals surface area contributed by atoms with Crippen LogP contribution in [0.5, 0.6) is 0 Å². The average Bonchev–Trinajstić information content (AvgIpc) is 2.14. The summed E-state index contributed by atoms with van der Waals surface area (Å²) in [5, 5.41) is 17.2. The third kappa shape index (κ3) is 3.48. The third-order valence-electron chi connectivity index (χ3n) is 1.79. The molecule has 0 fully saturated rings. The molecule has 1 aromatic rings. The van der Waals surface area contributed by atoms with Gasteiger partial charge in [-0.25, -0.2) is 4.79 Å². The zero-order chi connectivity index (χ0) is 13.0. The molecule has 92 valence electrons. The SMILES string of the molecule is O=C(O)CN(CC(=O)O)c1c[nH]c(=O)[nH]c1=O. The number of carboxylic acids is 2. The predicted octanol–water partition coefficient (Wildman–Crippen LogP) is -1.96. The molecule has 1 heterocycles. The van der Waals surface area contributed by atoms with Crippen molar-refractivity contribution in [1.82, 2.24) is 9.97 Å². The first-order chi connectivity index (χ1) is 7.90. The molecule has 0 aromatic carbocycles. The number of nitrogens with zero attached hydrogens (tertiary/aromatic N) is 1. The summed E-state index contributed by atoms with van der Waals surface area (Å²) in [7, 11) is 0. The summed E-state index contributed by atoms with van der Waals surface area (Å²) in [6.45, 7) is -1.33. The Hall–Kier alpha value is -2.58. The van der Waals surface area contributed by atoms with E-state index in [4.69, 9.17) is 10.2 Å². The number of carbonyl (C=O) groups is 2. The standard InChI is InChI=1S/C8H9N3O6/c12-5(13)2-11(3-6(14)15)4-1-9-8(17)10-7(4)16/h1H,2-3H2,(H,12,13)(H,14,15)(H2,9,10,16,17). The Bertz CT molecular complexity index is 529. The van der Waals surface area contributed by atoms with Crippen LogP contribution in [-0.4, -0.2) is 45.2 Å². The molecule has 0 saturated heterocycles. The minimum absolute atomic E-state index is 0.227. The second kappa shape index (κ2) is 4.96. The van der Waals surface area contributed by atoms with Gasteiger partial charge in [-0.3, -0.25) is 19.4 Å². The lowest BCUT2D eigenvalue weighted by Gasteiger charge is -2.18. The first-order valence-corrected chi connectivity index (χ1v) is 4.40. The van der Waals surface area contributed by atoms with Crippen LogP contribution in [0.25, 0.3) is 0 Å². The Kier molecular flexibility index (Phi) is 3.65.